The highest BCUT2D eigenvalue weighted by Gasteiger charge is 2.09. The quantitative estimate of drug-likeness (QED) is 0.766. The lowest BCUT2D eigenvalue weighted by Gasteiger charge is -2.01. The molecule has 0 atom stereocenters. The molecule has 0 aromatic carbocycles. The van der Waals surface area contributed by atoms with E-state index in [9.17, 15) is 4.79 Å². The summed E-state index contributed by atoms with van der Waals surface area (Å²) in [6, 6.07) is 5.16. The number of carbonyl (C=O) groups excluding carboxylic acids is 1. The van der Waals surface area contributed by atoms with Crippen LogP contribution < -0.4 is 11.1 Å². The van der Waals surface area contributed by atoms with Gasteiger partial charge >= 0.3 is 0 Å². The second kappa shape index (κ2) is 5.86. The summed E-state index contributed by atoms with van der Waals surface area (Å²) in [7, 11) is 0. The van der Waals surface area contributed by atoms with E-state index in [-0.39, 0.29) is 18.1 Å². The van der Waals surface area contributed by atoms with E-state index in [1.807, 2.05) is 0 Å². The van der Waals surface area contributed by atoms with Crippen molar-refractivity contribution >= 4 is 23.3 Å². The molecule has 0 aliphatic heterocycles. The summed E-state index contributed by atoms with van der Waals surface area (Å²) in [5.74, 6) is 5.55. The number of nitrogens with two attached hydrogens (primary N) is 1. The second-order valence-electron chi connectivity index (χ2n) is 3.16. The van der Waals surface area contributed by atoms with E-state index in [0.717, 1.165) is 11.5 Å². The number of amides is 1. The Balaban J connectivity index is 2.12. The largest absolute Gasteiger partial charge is 0.320 e. The molecule has 0 fully saturated rings. The Morgan fingerprint density at radius 1 is 1.50 bits per heavy atom. The van der Waals surface area contributed by atoms with Crippen LogP contribution in [0.25, 0.3) is 0 Å². The molecule has 0 unspecified atom stereocenters. The number of anilines is 1. The van der Waals surface area contributed by atoms with Crippen LogP contribution in [0.5, 0.6) is 0 Å². The lowest BCUT2D eigenvalue weighted by Crippen LogP contribution is -2.13. The summed E-state index contributed by atoms with van der Waals surface area (Å²) in [4.78, 5) is 15.9. The maximum Gasteiger partial charge on any atom is 0.278 e. The SMILES string of the molecule is NCC#Cc1cccc(NC(=O)c2csnn2)n1. The molecule has 0 saturated heterocycles. The number of nitrogens with zero attached hydrogens (tertiary/aromatic N) is 3. The highest BCUT2D eigenvalue weighted by molar-refractivity contribution is 7.03. The molecule has 7 heteroatoms. The summed E-state index contributed by atoms with van der Waals surface area (Å²) >= 11 is 1.11. The van der Waals surface area contributed by atoms with Gasteiger partial charge in [-0.05, 0) is 29.6 Å². The molecule has 90 valence electrons. The summed E-state index contributed by atoms with van der Waals surface area (Å²) < 4.78 is 3.62. The molecule has 1 amide bonds. The molecule has 0 spiro atoms. The second-order valence-corrected chi connectivity index (χ2v) is 3.77. The molecule has 18 heavy (non-hydrogen) atoms. The first kappa shape index (κ1) is 12.2. The fraction of sp³-hybridized carbons (Fsp3) is 0.0909. The molecule has 0 aliphatic rings. The topological polar surface area (TPSA) is 93.8 Å². The van der Waals surface area contributed by atoms with Crippen LogP contribution in [0.3, 0.4) is 0 Å². The summed E-state index contributed by atoms with van der Waals surface area (Å²) in [5.41, 5.74) is 6.09. The summed E-state index contributed by atoms with van der Waals surface area (Å²) in [6.45, 7) is 0.267. The molecule has 0 saturated carbocycles. The summed E-state index contributed by atoms with van der Waals surface area (Å²) in [5, 5.41) is 7.85. The Kier molecular flexibility index (Phi) is 3.96. The third-order valence-electron chi connectivity index (χ3n) is 1.90. The number of rotatable bonds is 2. The van der Waals surface area contributed by atoms with Crippen LogP contribution in [0, 0.1) is 11.8 Å². The van der Waals surface area contributed by atoms with Gasteiger partial charge in [-0.25, -0.2) is 4.98 Å². The maximum atomic E-state index is 11.7. The van der Waals surface area contributed by atoms with Crippen molar-refractivity contribution in [3.8, 4) is 11.8 Å². The Morgan fingerprint density at radius 2 is 2.39 bits per heavy atom. The van der Waals surface area contributed by atoms with Gasteiger partial charge in [0.2, 0.25) is 0 Å². The van der Waals surface area contributed by atoms with E-state index in [0.29, 0.717) is 11.5 Å². The molecular weight excluding hydrogens is 250 g/mol. The van der Waals surface area contributed by atoms with Crippen molar-refractivity contribution in [2.45, 2.75) is 0 Å². The van der Waals surface area contributed by atoms with Gasteiger partial charge in [-0.3, -0.25) is 4.79 Å². The summed E-state index contributed by atoms with van der Waals surface area (Å²) in [6.07, 6.45) is 0. The van der Waals surface area contributed by atoms with Crippen LogP contribution >= 0.6 is 11.5 Å². The van der Waals surface area contributed by atoms with Gasteiger partial charge in [0.25, 0.3) is 5.91 Å². The third-order valence-corrected chi connectivity index (χ3v) is 2.41. The molecule has 6 nitrogen and oxygen atoms in total. The van der Waals surface area contributed by atoms with Gasteiger partial charge in [-0.1, -0.05) is 16.5 Å². The van der Waals surface area contributed by atoms with Crippen molar-refractivity contribution in [1.29, 1.82) is 0 Å². The van der Waals surface area contributed by atoms with Crippen LogP contribution in [-0.4, -0.2) is 27.0 Å². The first-order valence-electron chi connectivity index (χ1n) is 5.04. The standard InChI is InChI=1S/C11H9N5OS/c12-6-2-4-8-3-1-5-10(13-8)14-11(17)9-7-18-16-15-9/h1,3,5,7H,6,12H2,(H,13,14,17). The minimum absolute atomic E-state index is 0.264. The van der Waals surface area contributed by atoms with Crippen LogP contribution in [0.2, 0.25) is 0 Å². The predicted molar refractivity (Wildman–Crippen MR) is 68.0 cm³/mol. The van der Waals surface area contributed by atoms with E-state index in [4.69, 9.17) is 5.73 Å². The Labute approximate surface area is 107 Å². The zero-order valence-corrected chi connectivity index (χ0v) is 10.1. The lowest BCUT2D eigenvalue weighted by atomic mass is 10.3. The molecule has 3 N–H and O–H groups in total. The lowest BCUT2D eigenvalue weighted by molar-refractivity contribution is 0.102. The van der Waals surface area contributed by atoms with Gasteiger partial charge in [0, 0.05) is 5.38 Å². The number of pyridine rings is 1. The van der Waals surface area contributed by atoms with Crippen molar-refractivity contribution in [2.24, 2.45) is 5.73 Å². The zero-order chi connectivity index (χ0) is 12.8. The zero-order valence-electron chi connectivity index (χ0n) is 9.25. The average Bonchev–Trinajstić information content (AvgIpc) is 2.91. The van der Waals surface area contributed by atoms with Crippen molar-refractivity contribution in [3.63, 3.8) is 0 Å². The molecule has 2 rings (SSSR count). The van der Waals surface area contributed by atoms with Crippen LogP contribution in [0.15, 0.2) is 23.6 Å². The number of hydrogen-bond donors (Lipinski definition) is 2. The Bertz CT molecular complexity index is 599. The van der Waals surface area contributed by atoms with E-state index in [1.54, 1.807) is 23.6 Å². The van der Waals surface area contributed by atoms with Crippen LogP contribution in [-0.2, 0) is 0 Å². The molecule has 2 aromatic heterocycles. The minimum atomic E-state index is -0.347. The monoisotopic (exact) mass is 259 g/mol. The smallest absolute Gasteiger partial charge is 0.278 e. The van der Waals surface area contributed by atoms with E-state index in [2.05, 4.69) is 31.7 Å². The first-order chi connectivity index (χ1) is 8.79. The van der Waals surface area contributed by atoms with Gasteiger partial charge < -0.3 is 11.1 Å². The van der Waals surface area contributed by atoms with Crippen molar-refractivity contribution in [3.05, 3.63) is 35.0 Å². The predicted octanol–water partition coefficient (Wildman–Crippen LogP) is 0.496. The maximum absolute atomic E-state index is 11.7. The van der Waals surface area contributed by atoms with Gasteiger partial charge in [-0.2, -0.15) is 0 Å². The molecule has 0 aliphatic carbocycles. The highest BCUT2D eigenvalue weighted by Crippen LogP contribution is 2.06. The fourth-order valence-electron chi connectivity index (χ4n) is 1.16. The van der Waals surface area contributed by atoms with Crippen LogP contribution in [0.1, 0.15) is 16.2 Å². The van der Waals surface area contributed by atoms with Gasteiger partial charge in [-0.15, -0.1) is 5.10 Å². The fourth-order valence-corrected chi connectivity index (χ4v) is 1.60. The minimum Gasteiger partial charge on any atom is -0.320 e. The average molecular weight is 259 g/mol. The number of hydrogen-bond acceptors (Lipinski definition) is 6. The molecule has 0 radical (unpaired) electrons. The van der Waals surface area contributed by atoms with E-state index < -0.39 is 0 Å². The van der Waals surface area contributed by atoms with Crippen LogP contribution in [0.4, 0.5) is 5.82 Å². The molecule has 2 heterocycles. The number of nitrogens with one attached hydrogen (secondary N) is 1. The van der Waals surface area contributed by atoms with E-state index in [1.165, 1.54) is 0 Å². The third kappa shape index (κ3) is 3.10. The molecule has 2 aromatic rings. The number of carbonyl (C=O) groups is 1. The van der Waals surface area contributed by atoms with E-state index >= 15 is 0 Å². The van der Waals surface area contributed by atoms with Crippen molar-refractivity contribution in [1.82, 2.24) is 14.6 Å². The van der Waals surface area contributed by atoms with Crippen molar-refractivity contribution in [2.75, 3.05) is 11.9 Å². The molecular formula is C11H9N5OS. The Hall–Kier alpha value is -2.30. The molecule has 0 bridgehead atoms. The normalized spacial score (nSPS) is 9.39. The van der Waals surface area contributed by atoms with Gasteiger partial charge in [0.05, 0.1) is 6.54 Å². The van der Waals surface area contributed by atoms with Crippen molar-refractivity contribution < 1.29 is 4.79 Å². The van der Waals surface area contributed by atoms with Gasteiger partial charge in [0.15, 0.2) is 5.69 Å². The highest BCUT2D eigenvalue weighted by atomic mass is 32.1. The van der Waals surface area contributed by atoms with Gasteiger partial charge in [0.1, 0.15) is 11.5 Å². The Morgan fingerprint density at radius 3 is 3.11 bits per heavy atom. The number of aromatic nitrogens is 3. The first-order valence-corrected chi connectivity index (χ1v) is 5.87.